The molecule has 1 aromatic carbocycles. The molecule has 1 amide bonds. The third-order valence-electron chi connectivity index (χ3n) is 2.96. The zero-order chi connectivity index (χ0) is 13.9. The first-order valence-electron chi connectivity index (χ1n) is 6.38. The van der Waals surface area contributed by atoms with Crippen molar-refractivity contribution in [3.05, 3.63) is 36.2 Å². The predicted molar refractivity (Wildman–Crippen MR) is 73.0 cm³/mol. The summed E-state index contributed by atoms with van der Waals surface area (Å²) in [4.78, 5) is 11.9. The average molecular weight is 273 g/mol. The molecule has 0 radical (unpaired) electrons. The van der Waals surface area contributed by atoms with E-state index in [1.165, 1.54) is 0 Å². The number of amides is 1. The van der Waals surface area contributed by atoms with E-state index in [4.69, 9.17) is 9.47 Å². The van der Waals surface area contributed by atoms with Crippen LogP contribution in [0.4, 0.5) is 5.69 Å². The largest absolute Gasteiger partial charge is 0.486 e. The Morgan fingerprint density at radius 3 is 2.90 bits per heavy atom. The molecule has 6 nitrogen and oxygen atoms in total. The number of rotatable bonds is 3. The van der Waals surface area contributed by atoms with Crippen molar-refractivity contribution < 1.29 is 14.3 Å². The van der Waals surface area contributed by atoms with E-state index in [-0.39, 0.29) is 12.3 Å². The maximum absolute atomic E-state index is 11.9. The van der Waals surface area contributed by atoms with Gasteiger partial charge in [0.2, 0.25) is 5.91 Å². The normalized spacial score (nSPS) is 13.1. The number of hydrogen-bond acceptors (Lipinski definition) is 4. The molecule has 20 heavy (non-hydrogen) atoms. The van der Waals surface area contributed by atoms with Gasteiger partial charge in [-0.15, -0.1) is 0 Å². The molecule has 0 saturated carbocycles. The van der Waals surface area contributed by atoms with Crippen molar-refractivity contribution in [3.63, 3.8) is 0 Å². The highest BCUT2D eigenvalue weighted by Crippen LogP contribution is 2.30. The van der Waals surface area contributed by atoms with Gasteiger partial charge in [-0.2, -0.15) is 5.10 Å². The molecular weight excluding hydrogens is 258 g/mol. The average Bonchev–Trinajstić information content (AvgIpc) is 2.83. The Kier molecular flexibility index (Phi) is 3.28. The van der Waals surface area contributed by atoms with Crippen molar-refractivity contribution in [2.24, 2.45) is 7.05 Å². The van der Waals surface area contributed by atoms with Crippen molar-refractivity contribution >= 4 is 11.6 Å². The Balaban J connectivity index is 1.66. The lowest BCUT2D eigenvalue weighted by molar-refractivity contribution is -0.115. The highest BCUT2D eigenvalue weighted by atomic mass is 16.6. The first kappa shape index (κ1) is 12.5. The summed E-state index contributed by atoms with van der Waals surface area (Å²) in [6.07, 6.45) is 3.65. The molecule has 0 bridgehead atoms. The Hall–Kier alpha value is -2.50. The predicted octanol–water partition coefficient (Wildman–Crippen LogP) is 1.37. The van der Waals surface area contributed by atoms with E-state index in [0.717, 1.165) is 11.3 Å². The molecule has 3 rings (SSSR count). The summed E-state index contributed by atoms with van der Waals surface area (Å²) in [6.45, 7) is 1.10. The van der Waals surface area contributed by atoms with Crippen molar-refractivity contribution in [2.75, 3.05) is 18.5 Å². The van der Waals surface area contributed by atoms with Gasteiger partial charge in [0, 0.05) is 13.2 Å². The number of anilines is 1. The lowest BCUT2D eigenvalue weighted by Gasteiger charge is -2.18. The van der Waals surface area contributed by atoms with Crippen LogP contribution in [-0.2, 0) is 18.3 Å². The SMILES string of the molecule is Cn1cc(NC(=O)Cc2ccc3c(c2)OCCO3)cn1. The summed E-state index contributed by atoms with van der Waals surface area (Å²) in [6, 6.07) is 5.55. The highest BCUT2D eigenvalue weighted by Gasteiger charge is 2.13. The smallest absolute Gasteiger partial charge is 0.228 e. The van der Waals surface area contributed by atoms with Crippen molar-refractivity contribution in [1.82, 2.24) is 9.78 Å². The Morgan fingerprint density at radius 2 is 2.15 bits per heavy atom. The second-order valence-corrected chi connectivity index (χ2v) is 4.61. The number of nitrogens with one attached hydrogen (secondary N) is 1. The van der Waals surface area contributed by atoms with E-state index in [1.54, 1.807) is 24.1 Å². The number of aromatic nitrogens is 2. The minimum atomic E-state index is -0.0883. The highest BCUT2D eigenvalue weighted by molar-refractivity contribution is 5.92. The van der Waals surface area contributed by atoms with E-state index >= 15 is 0 Å². The third-order valence-corrected chi connectivity index (χ3v) is 2.96. The molecular formula is C14H15N3O3. The molecule has 0 fully saturated rings. The fraction of sp³-hybridized carbons (Fsp3) is 0.286. The van der Waals surface area contributed by atoms with Gasteiger partial charge in [-0.3, -0.25) is 9.48 Å². The lowest BCUT2D eigenvalue weighted by Crippen LogP contribution is -2.17. The van der Waals surface area contributed by atoms with Crippen molar-refractivity contribution in [1.29, 1.82) is 0 Å². The molecule has 6 heteroatoms. The number of ether oxygens (including phenoxy) is 2. The molecule has 2 aromatic rings. The maximum atomic E-state index is 11.9. The van der Waals surface area contributed by atoms with Crippen LogP contribution in [0.2, 0.25) is 0 Å². The topological polar surface area (TPSA) is 65.4 Å². The quantitative estimate of drug-likeness (QED) is 0.917. The number of nitrogens with zero attached hydrogens (tertiary/aromatic N) is 2. The molecule has 0 aliphatic carbocycles. The molecule has 0 saturated heterocycles. The number of hydrogen-bond donors (Lipinski definition) is 1. The van der Waals surface area contributed by atoms with Crippen LogP contribution in [-0.4, -0.2) is 28.9 Å². The van der Waals surface area contributed by atoms with Crippen LogP contribution >= 0.6 is 0 Å². The van der Waals surface area contributed by atoms with Crippen LogP contribution in [0.5, 0.6) is 11.5 Å². The molecule has 0 spiro atoms. The summed E-state index contributed by atoms with van der Waals surface area (Å²) in [5.74, 6) is 1.34. The van der Waals surface area contributed by atoms with Crippen molar-refractivity contribution in [2.45, 2.75) is 6.42 Å². The molecule has 1 N–H and O–H groups in total. The van der Waals surface area contributed by atoms with Crippen LogP contribution in [0.15, 0.2) is 30.6 Å². The summed E-state index contributed by atoms with van der Waals surface area (Å²) >= 11 is 0. The van der Waals surface area contributed by atoms with Gasteiger partial charge in [0.05, 0.1) is 18.3 Å². The van der Waals surface area contributed by atoms with E-state index < -0.39 is 0 Å². The number of carbonyl (C=O) groups is 1. The monoisotopic (exact) mass is 273 g/mol. The van der Waals surface area contributed by atoms with E-state index in [2.05, 4.69) is 10.4 Å². The van der Waals surface area contributed by atoms with Crippen molar-refractivity contribution in [3.8, 4) is 11.5 Å². The van der Waals surface area contributed by atoms with E-state index in [1.807, 2.05) is 18.2 Å². The molecule has 2 heterocycles. The first-order chi connectivity index (χ1) is 9.70. The minimum absolute atomic E-state index is 0.0883. The van der Waals surface area contributed by atoms with Crippen LogP contribution < -0.4 is 14.8 Å². The van der Waals surface area contributed by atoms with Crippen LogP contribution in [0.3, 0.4) is 0 Å². The molecule has 1 aliphatic rings. The molecule has 0 atom stereocenters. The zero-order valence-electron chi connectivity index (χ0n) is 11.1. The summed E-state index contributed by atoms with van der Waals surface area (Å²) in [7, 11) is 1.80. The van der Waals surface area contributed by atoms with Gasteiger partial charge in [-0.25, -0.2) is 0 Å². The van der Waals surface area contributed by atoms with E-state index in [0.29, 0.717) is 24.7 Å². The van der Waals surface area contributed by atoms with E-state index in [9.17, 15) is 4.79 Å². The summed E-state index contributed by atoms with van der Waals surface area (Å²) < 4.78 is 12.6. The second-order valence-electron chi connectivity index (χ2n) is 4.61. The molecule has 0 unspecified atom stereocenters. The Labute approximate surface area is 116 Å². The fourth-order valence-corrected chi connectivity index (χ4v) is 2.07. The fourth-order valence-electron chi connectivity index (χ4n) is 2.07. The molecule has 1 aliphatic heterocycles. The number of fused-ring (bicyclic) bond motifs is 1. The minimum Gasteiger partial charge on any atom is -0.486 e. The first-order valence-corrected chi connectivity index (χ1v) is 6.38. The lowest BCUT2D eigenvalue weighted by atomic mass is 10.1. The van der Waals surface area contributed by atoms with Crippen LogP contribution in [0, 0.1) is 0 Å². The van der Waals surface area contributed by atoms with Crippen LogP contribution in [0.25, 0.3) is 0 Å². The van der Waals surface area contributed by atoms with Gasteiger partial charge in [-0.05, 0) is 17.7 Å². The van der Waals surface area contributed by atoms with Gasteiger partial charge in [0.1, 0.15) is 13.2 Å². The Bertz CT molecular complexity index is 636. The van der Waals surface area contributed by atoms with Crippen LogP contribution in [0.1, 0.15) is 5.56 Å². The maximum Gasteiger partial charge on any atom is 0.228 e. The van der Waals surface area contributed by atoms with Gasteiger partial charge in [0.25, 0.3) is 0 Å². The number of aryl methyl sites for hydroxylation is 1. The second kappa shape index (κ2) is 5.24. The standard InChI is InChI=1S/C14H15N3O3/c1-17-9-11(8-15-17)16-14(18)7-10-2-3-12-13(6-10)20-5-4-19-12/h2-3,6,8-9H,4-5,7H2,1H3,(H,16,18). The van der Waals surface area contributed by atoms with Gasteiger partial charge in [-0.1, -0.05) is 6.07 Å². The summed E-state index contributed by atoms with van der Waals surface area (Å²) in [5, 5.41) is 6.80. The third kappa shape index (κ3) is 2.74. The number of benzene rings is 1. The molecule has 1 aromatic heterocycles. The zero-order valence-corrected chi connectivity index (χ0v) is 11.1. The van der Waals surface area contributed by atoms with Gasteiger partial charge in [0.15, 0.2) is 11.5 Å². The number of carbonyl (C=O) groups excluding carboxylic acids is 1. The Morgan fingerprint density at radius 1 is 1.35 bits per heavy atom. The van der Waals surface area contributed by atoms with Gasteiger partial charge >= 0.3 is 0 Å². The molecule has 104 valence electrons. The summed E-state index contributed by atoms with van der Waals surface area (Å²) in [5.41, 5.74) is 1.57. The van der Waals surface area contributed by atoms with Gasteiger partial charge < -0.3 is 14.8 Å².